The zero-order valence-corrected chi connectivity index (χ0v) is 15.3. The average Bonchev–Trinajstić information content (AvgIpc) is 2.50. The lowest BCUT2D eigenvalue weighted by Gasteiger charge is -2.26. The number of rotatable bonds is 9. The minimum absolute atomic E-state index is 0.131. The zero-order valence-electron chi connectivity index (χ0n) is 15.3. The number of esters is 2. The monoisotopic (exact) mass is 326 g/mol. The first-order valence-corrected chi connectivity index (χ1v) is 9.23. The molecular formula is C19H34O4. The molecule has 2 atom stereocenters. The van der Waals surface area contributed by atoms with E-state index in [1.54, 1.807) is 0 Å². The molecule has 2 unspecified atom stereocenters. The summed E-state index contributed by atoms with van der Waals surface area (Å²) in [7, 11) is 0. The van der Waals surface area contributed by atoms with Crippen molar-refractivity contribution < 1.29 is 19.1 Å². The summed E-state index contributed by atoms with van der Waals surface area (Å²) in [5.41, 5.74) is 0. The highest BCUT2D eigenvalue weighted by Crippen LogP contribution is 2.31. The van der Waals surface area contributed by atoms with Crippen LogP contribution in [0.3, 0.4) is 0 Å². The summed E-state index contributed by atoms with van der Waals surface area (Å²) in [6.45, 7) is 9.53. The molecule has 23 heavy (non-hydrogen) atoms. The van der Waals surface area contributed by atoms with Gasteiger partial charge in [0.15, 0.2) is 0 Å². The Balaban J connectivity index is 2.29. The van der Waals surface area contributed by atoms with Crippen LogP contribution in [0.25, 0.3) is 0 Å². The second-order valence-electron chi connectivity index (χ2n) is 7.61. The molecule has 0 amide bonds. The largest absolute Gasteiger partial charge is 0.465 e. The quantitative estimate of drug-likeness (QED) is 0.466. The first-order valence-electron chi connectivity index (χ1n) is 9.23. The van der Waals surface area contributed by atoms with Gasteiger partial charge in [0, 0.05) is 0 Å². The van der Waals surface area contributed by atoms with Gasteiger partial charge < -0.3 is 9.47 Å². The van der Waals surface area contributed by atoms with E-state index in [4.69, 9.17) is 9.47 Å². The topological polar surface area (TPSA) is 52.6 Å². The number of hydrogen-bond donors (Lipinski definition) is 0. The Labute approximate surface area is 141 Å². The van der Waals surface area contributed by atoms with Crippen molar-refractivity contribution in [2.24, 2.45) is 23.7 Å². The van der Waals surface area contributed by atoms with Crippen molar-refractivity contribution in [2.45, 2.75) is 72.6 Å². The van der Waals surface area contributed by atoms with Crippen LogP contribution in [0.2, 0.25) is 0 Å². The molecule has 1 fully saturated rings. The van der Waals surface area contributed by atoms with Gasteiger partial charge in [0.05, 0.1) is 25.0 Å². The van der Waals surface area contributed by atoms with Crippen molar-refractivity contribution >= 4 is 11.9 Å². The lowest BCUT2D eigenvalue weighted by molar-refractivity contribution is -0.155. The number of carbonyl (C=O) groups excluding carboxylic acids is 2. The Hall–Kier alpha value is -1.06. The minimum Gasteiger partial charge on any atom is -0.465 e. The summed E-state index contributed by atoms with van der Waals surface area (Å²) in [4.78, 5) is 24.2. The maximum absolute atomic E-state index is 12.1. The summed E-state index contributed by atoms with van der Waals surface area (Å²) >= 11 is 0. The van der Waals surface area contributed by atoms with Gasteiger partial charge in [-0.1, -0.05) is 34.1 Å². The van der Waals surface area contributed by atoms with Crippen molar-refractivity contribution in [3.8, 4) is 0 Å². The molecule has 1 aliphatic rings. The molecule has 1 saturated carbocycles. The van der Waals surface area contributed by atoms with Gasteiger partial charge in [0.1, 0.15) is 0 Å². The molecule has 4 heteroatoms. The molecule has 4 nitrogen and oxygen atoms in total. The predicted octanol–water partition coefficient (Wildman–Crippen LogP) is 4.36. The average molecular weight is 326 g/mol. The van der Waals surface area contributed by atoms with Gasteiger partial charge in [-0.25, -0.2) is 0 Å². The van der Waals surface area contributed by atoms with E-state index < -0.39 is 0 Å². The smallest absolute Gasteiger partial charge is 0.308 e. The molecular weight excluding hydrogens is 292 g/mol. The molecule has 134 valence electrons. The summed E-state index contributed by atoms with van der Waals surface area (Å²) in [5, 5.41) is 0. The SMILES string of the molecule is CC(C)CCCOC(=O)C1CCCC(C(=O)OCCC(C)C)C1. The maximum Gasteiger partial charge on any atom is 0.308 e. The van der Waals surface area contributed by atoms with E-state index in [0.29, 0.717) is 31.5 Å². The van der Waals surface area contributed by atoms with Gasteiger partial charge in [0.2, 0.25) is 0 Å². The Kier molecular flexibility index (Phi) is 9.27. The molecule has 0 saturated heterocycles. The van der Waals surface area contributed by atoms with E-state index in [-0.39, 0.29) is 23.8 Å². The molecule has 0 spiro atoms. The van der Waals surface area contributed by atoms with Crippen molar-refractivity contribution in [3.63, 3.8) is 0 Å². The Morgan fingerprint density at radius 3 is 1.91 bits per heavy atom. The van der Waals surface area contributed by atoms with Crippen LogP contribution in [0.4, 0.5) is 0 Å². The molecule has 0 aromatic heterocycles. The standard InChI is InChI=1S/C19H34O4/c1-14(2)7-6-11-22-18(20)16-8-5-9-17(13-16)19(21)23-12-10-15(3)4/h14-17H,5-13H2,1-4H3. The minimum atomic E-state index is -0.136. The van der Waals surface area contributed by atoms with Gasteiger partial charge in [-0.05, 0) is 50.4 Å². The maximum atomic E-state index is 12.1. The van der Waals surface area contributed by atoms with Crippen molar-refractivity contribution in [3.05, 3.63) is 0 Å². The molecule has 0 heterocycles. The molecule has 1 aliphatic carbocycles. The van der Waals surface area contributed by atoms with Crippen LogP contribution in [-0.4, -0.2) is 25.2 Å². The molecule has 0 radical (unpaired) electrons. The summed E-state index contributed by atoms with van der Waals surface area (Å²) in [5.74, 6) is 0.627. The third kappa shape index (κ3) is 8.38. The molecule has 0 bridgehead atoms. The summed E-state index contributed by atoms with van der Waals surface area (Å²) < 4.78 is 10.7. The van der Waals surface area contributed by atoms with Crippen LogP contribution in [0.15, 0.2) is 0 Å². The van der Waals surface area contributed by atoms with Crippen molar-refractivity contribution in [1.82, 2.24) is 0 Å². The van der Waals surface area contributed by atoms with Crippen LogP contribution in [0, 0.1) is 23.7 Å². The fourth-order valence-corrected chi connectivity index (χ4v) is 2.91. The lowest BCUT2D eigenvalue weighted by Crippen LogP contribution is -2.30. The van der Waals surface area contributed by atoms with E-state index >= 15 is 0 Å². The van der Waals surface area contributed by atoms with Gasteiger partial charge in [-0.3, -0.25) is 9.59 Å². The predicted molar refractivity (Wildman–Crippen MR) is 90.9 cm³/mol. The molecule has 0 aliphatic heterocycles. The number of carbonyl (C=O) groups is 2. The Morgan fingerprint density at radius 1 is 0.870 bits per heavy atom. The van der Waals surface area contributed by atoms with E-state index in [0.717, 1.165) is 38.5 Å². The third-order valence-corrected chi connectivity index (χ3v) is 4.45. The van der Waals surface area contributed by atoms with Gasteiger partial charge in [0.25, 0.3) is 0 Å². The third-order valence-electron chi connectivity index (χ3n) is 4.45. The van der Waals surface area contributed by atoms with Crippen molar-refractivity contribution in [2.75, 3.05) is 13.2 Å². The van der Waals surface area contributed by atoms with E-state index in [9.17, 15) is 9.59 Å². The summed E-state index contributed by atoms with van der Waals surface area (Å²) in [6.07, 6.45) is 6.02. The van der Waals surface area contributed by atoms with Crippen LogP contribution in [0.1, 0.15) is 72.6 Å². The van der Waals surface area contributed by atoms with Gasteiger partial charge in [-0.2, -0.15) is 0 Å². The van der Waals surface area contributed by atoms with E-state index in [1.807, 2.05) is 0 Å². The fourth-order valence-electron chi connectivity index (χ4n) is 2.91. The number of hydrogen-bond acceptors (Lipinski definition) is 4. The molecule has 1 rings (SSSR count). The normalized spacial score (nSPS) is 21.5. The Bertz CT molecular complexity index is 362. The Morgan fingerprint density at radius 2 is 1.39 bits per heavy atom. The zero-order chi connectivity index (χ0) is 17.2. The highest BCUT2D eigenvalue weighted by atomic mass is 16.5. The fraction of sp³-hybridized carbons (Fsp3) is 0.895. The molecule has 0 N–H and O–H groups in total. The van der Waals surface area contributed by atoms with Crippen LogP contribution in [0.5, 0.6) is 0 Å². The van der Waals surface area contributed by atoms with E-state index in [1.165, 1.54) is 0 Å². The first-order chi connectivity index (χ1) is 10.9. The van der Waals surface area contributed by atoms with Gasteiger partial charge in [-0.15, -0.1) is 0 Å². The number of ether oxygens (including phenoxy) is 2. The van der Waals surface area contributed by atoms with Gasteiger partial charge >= 0.3 is 11.9 Å². The first kappa shape index (κ1) is 20.0. The molecule has 0 aromatic carbocycles. The van der Waals surface area contributed by atoms with Crippen LogP contribution in [-0.2, 0) is 19.1 Å². The second kappa shape index (κ2) is 10.7. The highest BCUT2D eigenvalue weighted by molar-refractivity contribution is 5.76. The highest BCUT2D eigenvalue weighted by Gasteiger charge is 2.32. The van der Waals surface area contributed by atoms with Crippen LogP contribution < -0.4 is 0 Å². The van der Waals surface area contributed by atoms with Crippen molar-refractivity contribution in [1.29, 1.82) is 0 Å². The lowest BCUT2D eigenvalue weighted by atomic mass is 9.81. The van der Waals surface area contributed by atoms with E-state index in [2.05, 4.69) is 27.7 Å². The second-order valence-corrected chi connectivity index (χ2v) is 7.61. The molecule has 0 aromatic rings. The summed E-state index contributed by atoms with van der Waals surface area (Å²) in [6, 6.07) is 0. The van der Waals surface area contributed by atoms with Crippen LogP contribution >= 0.6 is 0 Å².